The highest BCUT2D eigenvalue weighted by molar-refractivity contribution is 7.19. The molecule has 0 radical (unpaired) electrons. The molecule has 2 aromatic carbocycles. The molecular weight excluding hydrogens is 354 g/mol. The fourth-order valence-corrected chi connectivity index (χ4v) is 3.33. The number of allylic oxidation sites excluding steroid dienone is 1. The van der Waals surface area contributed by atoms with Gasteiger partial charge in [0.1, 0.15) is 11.1 Å². The Hall–Kier alpha value is -3.44. The fourth-order valence-electron chi connectivity index (χ4n) is 2.40. The van der Waals surface area contributed by atoms with Crippen LogP contribution >= 0.6 is 11.3 Å². The normalized spacial score (nSPS) is 11.3. The number of nitro benzene ring substituents is 1. The Balaban J connectivity index is 2.11. The first-order valence-corrected chi connectivity index (χ1v) is 8.47. The van der Waals surface area contributed by atoms with Crippen LogP contribution in [0.25, 0.3) is 21.9 Å². The molecule has 0 unspecified atom stereocenters. The molecule has 0 fully saturated rings. The Bertz CT molecular complexity index is 1030. The number of hydrogen-bond acceptors (Lipinski definition) is 7. The number of nitro groups is 1. The van der Waals surface area contributed by atoms with Crippen LogP contribution < -0.4 is 4.74 Å². The Labute approximate surface area is 152 Å². The van der Waals surface area contributed by atoms with E-state index in [1.54, 1.807) is 6.92 Å². The number of phenols is 1. The second-order valence-corrected chi connectivity index (χ2v) is 6.26. The average Bonchev–Trinajstić information content (AvgIpc) is 3.05. The van der Waals surface area contributed by atoms with Gasteiger partial charge < -0.3 is 9.84 Å². The fraction of sp³-hybridized carbons (Fsp3) is 0.111. The molecule has 8 heteroatoms. The van der Waals surface area contributed by atoms with Gasteiger partial charge in [-0.25, -0.2) is 4.98 Å². The van der Waals surface area contributed by atoms with Gasteiger partial charge in [0, 0.05) is 6.07 Å². The van der Waals surface area contributed by atoms with E-state index in [0.29, 0.717) is 10.6 Å². The van der Waals surface area contributed by atoms with Crippen LogP contribution in [0.3, 0.4) is 0 Å². The van der Waals surface area contributed by atoms with E-state index in [9.17, 15) is 20.5 Å². The summed E-state index contributed by atoms with van der Waals surface area (Å²) in [5, 5.41) is 31.1. The first-order chi connectivity index (χ1) is 12.5. The molecule has 0 aliphatic carbocycles. The molecule has 0 amide bonds. The van der Waals surface area contributed by atoms with Gasteiger partial charge in [0.2, 0.25) is 5.75 Å². The summed E-state index contributed by atoms with van der Waals surface area (Å²) in [6.07, 6.45) is 1.49. The quantitative estimate of drug-likeness (QED) is 0.407. The molecule has 0 saturated carbocycles. The predicted molar refractivity (Wildman–Crippen MR) is 99.0 cm³/mol. The monoisotopic (exact) mass is 367 g/mol. The number of ether oxygens (including phenoxy) is 1. The molecule has 0 aliphatic rings. The zero-order chi connectivity index (χ0) is 18.7. The molecule has 130 valence electrons. The third-order valence-electron chi connectivity index (χ3n) is 3.53. The lowest BCUT2D eigenvalue weighted by molar-refractivity contribution is -0.386. The van der Waals surface area contributed by atoms with Crippen LogP contribution in [0.2, 0.25) is 0 Å². The Morgan fingerprint density at radius 2 is 2.23 bits per heavy atom. The van der Waals surface area contributed by atoms with E-state index in [1.807, 2.05) is 24.3 Å². The molecule has 0 aliphatic heterocycles. The summed E-state index contributed by atoms with van der Waals surface area (Å²) in [5.74, 6) is -0.540. The van der Waals surface area contributed by atoms with E-state index < -0.39 is 16.4 Å². The van der Waals surface area contributed by atoms with Crippen LogP contribution in [0.4, 0.5) is 5.69 Å². The molecular formula is C18H13N3O4S. The van der Waals surface area contributed by atoms with Crippen molar-refractivity contribution in [2.75, 3.05) is 6.61 Å². The van der Waals surface area contributed by atoms with E-state index in [-0.39, 0.29) is 17.9 Å². The number of fused-ring (bicyclic) bond motifs is 1. The van der Waals surface area contributed by atoms with Crippen molar-refractivity contribution in [2.45, 2.75) is 6.92 Å². The Kier molecular flexibility index (Phi) is 4.82. The largest absolute Gasteiger partial charge is 0.500 e. The summed E-state index contributed by atoms with van der Waals surface area (Å²) in [4.78, 5) is 14.9. The molecule has 7 nitrogen and oxygen atoms in total. The SMILES string of the molecule is CCOc1cc(C=C(C#N)c2nc3ccccc3s2)cc([N+](=O)[O-])c1O. The summed E-state index contributed by atoms with van der Waals surface area (Å²) in [6, 6.07) is 12.2. The number of nitrogens with zero attached hydrogens (tertiary/aromatic N) is 3. The van der Waals surface area contributed by atoms with Gasteiger partial charge in [-0.15, -0.1) is 11.3 Å². The summed E-state index contributed by atoms with van der Waals surface area (Å²) >= 11 is 1.36. The minimum absolute atomic E-state index is 0.00506. The van der Waals surface area contributed by atoms with Crippen molar-refractivity contribution in [3.05, 3.63) is 57.1 Å². The van der Waals surface area contributed by atoms with Gasteiger partial charge in [-0.3, -0.25) is 10.1 Å². The molecule has 26 heavy (non-hydrogen) atoms. The van der Waals surface area contributed by atoms with Crippen LogP contribution in [0.5, 0.6) is 11.5 Å². The lowest BCUT2D eigenvalue weighted by atomic mass is 10.1. The van der Waals surface area contributed by atoms with Crippen LogP contribution in [-0.4, -0.2) is 21.6 Å². The molecule has 0 spiro atoms. The van der Waals surface area contributed by atoms with E-state index in [2.05, 4.69) is 11.1 Å². The number of thiazole rings is 1. The van der Waals surface area contributed by atoms with Crippen molar-refractivity contribution in [3.63, 3.8) is 0 Å². The number of phenolic OH excluding ortho intramolecular Hbond substituents is 1. The van der Waals surface area contributed by atoms with Gasteiger partial charge in [-0.05, 0) is 36.8 Å². The maximum atomic E-state index is 11.2. The highest BCUT2D eigenvalue weighted by Gasteiger charge is 2.20. The molecule has 0 saturated heterocycles. The molecule has 1 heterocycles. The molecule has 3 rings (SSSR count). The summed E-state index contributed by atoms with van der Waals surface area (Å²) in [5.41, 5.74) is 0.937. The van der Waals surface area contributed by atoms with Crippen LogP contribution in [0.1, 0.15) is 17.5 Å². The number of para-hydroxylation sites is 1. The van der Waals surface area contributed by atoms with E-state index in [1.165, 1.54) is 29.5 Å². The Morgan fingerprint density at radius 1 is 1.46 bits per heavy atom. The maximum absolute atomic E-state index is 11.2. The smallest absolute Gasteiger partial charge is 0.315 e. The van der Waals surface area contributed by atoms with Crippen molar-refractivity contribution in [2.24, 2.45) is 0 Å². The second kappa shape index (κ2) is 7.21. The molecule has 0 atom stereocenters. The molecule has 3 aromatic rings. The second-order valence-electron chi connectivity index (χ2n) is 5.23. The Morgan fingerprint density at radius 3 is 2.88 bits per heavy atom. The van der Waals surface area contributed by atoms with Crippen LogP contribution in [0, 0.1) is 21.4 Å². The standard InChI is InChI=1S/C18H13N3O4S/c1-2-25-15-9-11(8-14(17(15)22)21(23)24)7-12(10-19)18-20-13-5-3-4-6-16(13)26-18/h3-9,22H,2H2,1H3. The number of rotatable bonds is 5. The van der Waals surface area contributed by atoms with Gasteiger partial charge in [-0.2, -0.15) is 5.26 Å². The molecule has 1 N–H and O–H groups in total. The van der Waals surface area contributed by atoms with Crippen molar-refractivity contribution < 1.29 is 14.8 Å². The first-order valence-electron chi connectivity index (χ1n) is 7.65. The third kappa shape index (κ3) is 3.34. The summed E-state index contributed by atoms with van der Waals surface area (Å²) < 4.78 is 6.20. The topological polar surface area (TPSA) is 109 Å². The van der Waals surface area contributed by atoms with E-state index in [0.717, 1.165) is 10.2 Å². The highest BCUT2D eigenvalue weighted by Crippen LogP contribution is 2.38. The maximum Gasteiger partial charge on any atom is 0.315 e. The van der Waals surface area contributed by atoms with E-state index >= 15 is 0 Å². The minimum atomic E-state index is -0.696. The summed E-state index contributed by atoms with van der Waals surface area (Å²) in [7, 11) is 0. The lowest BCUT2D eigenvalue weighted by Crippen LogP contribution is -1.96. The number of nitriles is 1. The first kappa shape index (κ1) is 17.4. The van der Waals surface area contributed by atoms with Crippen molar-refractivity contribution in [3.8, 4) is 17.6 Å². The van der Waals surface area contributed by atoms with Gasteiger partial charge in [-0.1, -0.05) is 12.1 Å². The number of aromatic hydroxyl groups is 1. The molecule has 0 bridgehead atoms. The zero-order valence-corrected chi connectivity index (χ0v) is 14.5. The highest BCUT2D eigenvalue weighted by atomic mass is 32.1. The third-order valence-corrected chi connectivity index (χ3v) is 4.60. The summed E-state index contributed by atoms with van der Waals surface area (Å²) in [6.45, 7) is 1.94. The predicted octanol–water partition coefficient (Wildman–Crippen LogP) is 4.37. The number of hydrogen-bond donors (Lipinski definition) is 1. The van der Waals surface area contributed by atoms with Gasteiger partial charge in [0.15, 0.2) is 5.75 Å². The number of benzene rings is 2. The molecule has 1 aromatic heterocycles. The van der Waals surface area contributed by atoms with Crippen molar-refractivity contribution >= 4 is 38.9 Å². The van der Waals surface area contributed by atoms with Gasteiger partial charge in [0.25, 0.3) is 0 Å². The van der Waals surface area contributed by atoms with E-state index in [4.69, 9.17) is 4.74 Å². The van der Waals surface area contributed by atoms with Crippen molar-refractivity contribution in [1.29, 1.82) is 5.26 Å². The number of aromatic nitrogens is 1. The lowest BCUT2D eigenvalue weighted by Gasteiger charge is -2.07. The van der Waals surface area contributed by atoms with Crippen molar-refractivity contribution in [1.82, 2.24) is 4.98 Å². The van der Waals surface area contributed by atoms with Gasteiger partial charge in [0.05, 0.1) is 27.3 Å². The van der Waals surface area contributed by atoms with Crippen LogP contribution in [-0.2, 0) is 0 Å². The van der Waals surface area contributed by atoms with Gasteiger partial charge >= 0.3 is 5.69 Å². The average molecular weight is 367 g/mol. The van der Waals surface area contributed by atoms with Crippen LogP contribution in [0.15, 0.2) is 36.4 Å². The minimum Gasteiger partial charge on any atom is -0.500 e. The zero-order valence-electron chi connectivity index (χ0n) is 13.7.